The fourth-order valence-corrected chi connectivity index (χ4v) is 1.59. The number of hydrogen-bond donors (Lipinski definition) is 1. The van der Waals surface area contributed by atoms with Crippen LogP contribution in [0.25, 0.3) is 0 Å². The molecule has 1 N–H and O–H groups in total. The minimum atomic E-state index is 0.407. The lowest BCUT2D eigenvalue weighted by atomic mass is 10.3. The first-order valence-corrected chi connectivity index (χ1v) is 5.63. The molecule has 1 heterocycles. The van der Waals surface area contributed by atoms with E-state index >= 15 is 0 Å². The zero-order valence-corrected chi connectivity index (χ0v) is 9.99. The van der Waals surface area contributed by atoms with Crippen LogP contribution in [0.1, 0.15) is 25.8 Å². The summed E-state index contributed by atoms with van der Waals surface area (Å²) in [5.41, 5.74) is 1.34. The number of hydrogen-bond acceptors (Lipinski definition) is 2. The molecule has 0 aromatic carbocycles. The molecule has 0 aliphatic rings. The van der Waals surface area contributed by atoms with Gasteiger partial charge in [-0.1, -0.05) is 6.92 Å². The summed E-state index contributed by atoms with van der Waals surface area (Å²) in [6.45, 7) is 7.11. The van der Waals surface area contributed by atoms with Gasteiger partial charge in [0, 0.05) is 38.6 Å². The van der Waals surface area contributed by atoms with E-state index in [1.165, 1.54) is 12.0 Å². The quantitative estimate of drug-likeness (QED) is 0.745. The Morgan fingerprint density at radius 3 is 3.00 bits per heavy atom. The monoisotopic (exact) mass is 210 g/mol. The van der Waals surface area contributed by atoms with Crippen LogP contribution in [0.4, 0.5) is 0 Å². The molecule has 3 nitrogen and oxygen atoms in total. The second-order valence-corrected chi connectivity index (χ2v) is 3.99. The Bertz CT molecular complexity index is 270. The molecule has 0 aliphatic heterocycles. The van der Waals surface area contributed by atoms with Gasteiger partial charge >= 0.3 is 0 Å². The maximum Gasteiger partial charge on any atom is 0.0613 e. The Hall–Kier alpha value is -0.800. The van der Waals surface area contributed by atoms with Crippen LogP contribution in [-0.2, 0) is 17.8 Å². The molecule has 3 heteroatoms. The molecule has 0 aliphatic carbocycles. The van der Waals surface area contributed by atoms with Crippen molar-refractivity contribution in [3.8, 4) is 0 Å². The molecule has 1 rings (SSSR count). The molecule has 15 heavy (non-hydrogen) atoms. The lowest BCUT2D eigenvalue weighted by Gasteiger charge is -2.11. The summed E-state index contributed by atoms with van der Waals surface area (Å²) in [5, 5.41) is 3.42. The van der Waals surface area contributed by atoms with Gasteiger partial charge in [0.1, 0.15) is 0 Å². The van der Waals surface area contributed by atoms with Crippen molar-refractivity contribution < 1.29 is 4.74 Å². The van der Waals surface area contributed by atoms with Crippen LogP contribution in [-0.4, -0.2) is 24.3 Å². The van der Waals surface area contributed by atoms with E-state index < -0.39 is 0 Å². The Balaban J connectivity index is 2.30. The van der Waals surface area contributed by atoms with E-state index in [0.29, 0.717) is 6.04 Å². The van der Waals surface area contributed by atoms with E-state index in [4.69, 9.17) is 4.74 Å². The molecule has 0 saturated heterocycles. The smallest absolute Gasteiger partial charge is 0.0613 e. The highest BCUT2D eigenvalue weighted by atomic mass is 16.5. The molecular weight excluding hydrogens is 188 g/mol. The first-order chi connectivity index (χ1) is 7.26. The van der Waals surface area contributed by atoms with Crippen LogP contribution in [0.5, 0.6) is 0 Å². The lowest BCUT2D eigenvalue weighted by Crippen LogP contribution is -2.29. The summed E-state index contributed by atoms with van der Waals surface area (Å²) < 4.78 is 7.30. The van der Waals surface area contributed by atoms with Gasteiger partial charge in [0.15, 0.2) is 0 Å². The zero-order chi connectivity index (χ0) is 11.1. The molecule has 1 aromatic rings. The Kier molecular flexibility index (Phi) is 5.43. The molecule has 0 radical (unpaired) electrons. The van der Waals surface area contributed by atoms with Crippen LogP contribution in [0.15, 0.2) is 18.5 Å². The van der Waals surface area contributed by atoms with Crippen molar-refractivity contribution in [2.24, 2.45) is 0 Å². The largest absolute Gasteiger partial charge is 0.383 e. The van der Waals surface area contributed by atoms with Crippen molar-refractivity contribution in [3.05, 3.63) is 24.0 Å². The third-order valence-electron chi connectivity index (χ3n) is 2.36. The fraction of sp³-hybridized carbons (Fsp3) is 0.667. The lowest BCUT2D eigenvalue weighted by molar-refractivity contribution is 0.171. The molecule has 0 amide bonds. The third-order valence-corrected chi connectivity index (χ3v) is 2.36. The second kappa shape index (κ2) is 6.64. The highest BCUT2D eigenvalue weighted by Gasteiger charge is 2.01. The normalized spacial score (nSPS) is 13.0. The van der Waals surface area contributed by atoms with Crippen molar-refractivity contribution in [1.82, 2.24) is 9.88 Å². The number of aryl methyl sites for hydroxylation is 1. The van der Waals surface area contributed by atoms with E-state index in [-0.39, 0.29) is 0 Å². The highest BCUT2D eigenvalue weighted by molar-refractivity contribution is 5.09. The highest BCUT2D eigenvalue weighted by Crippen LogP contribution is 2.02. The number of rotatable bonds is 7. The standard InChI is InChI=1S/C12H22N2O/c1-4-6-14-7-5-12(9-14)8-13-11(2)10-15-3/h5,7,9,11,13H,4,6,8,10H2,1-3H3. The predicted octanol–water partition coefficient (Wildman–Crippen LogP) is 2.02. The first kappa shape index (κ1) is 12.3. The topological polar surface area (TPSA) is 26.2 Å². The number of aromatic nitrogens is 1. The van der Waals surface area contributed by atoms with Gasteiger partial charge in [-0.2, -0.15) is 0 Å². The van der Waals surface area contributed by atoms with Gasteiger partial charge in [-0.3, -0.25) is 0 Å². The van der Waals surface area contributed by atoms with Crippen molar-refractivity contribution in [2.75, 3.05) is 13.7 Å². The zero-order valence-electron chi connectivity index (χ0n) is 9.99. The maximum absolute atomic E-state index is 5.07. The van der Waals surface area contributed by atoms with Gasteiger partial charge in [-0.15, -0.1) is 0 Å². The van der Waals surface area contributed by atoms with Gasteiger partial charge in [0.2, 0.25) is 0 Å². The van der Waals surface area contributed by atoms with Crippen molar-refractivity contribution in [3.63, 3.8) is 0 Å². The van der Waals surface area contributed by atoms with E-state index in [1.807, 2.05) is 0 Å². The Labute approximate surface area is 92.4 Å². The van der Waals surface area contributed by atoms with Gasteiger partial charge in [-0.25, -0.2) is 0 Å². The Morgan fingerprint density at radius 1 is 1.53 bits per heavy atom. The summed E-state index contributed by atoms with van der Waals surface area (Å²) in [6, 6.07) is 2.58. The van der Waals surface area contributed by atoms with E-state index in [1.54, 1.807) is 7.11 Å². The molecule has 1 aromatic heterocycles. The van der Waals surface area contributed by atoms with Gasteiger partial charge in [0.05, 0.1) is 6.61 Å². The predicted molar refractivity (Wildman–Crippen MR) is 62.9 cm³/mol. The summed E-state index contributed by atoms with van der Waals surface area (Å²) in [7, 11) is 1.73. The van der Waals surface area contributed by atoms with E-state index in [2.05, 4.69) is 42.2 Å². The molecule has 86 valence electrons. The summed E-state index contributed by atoms with van der Waals surface area (Å²) >= 11 is 0. The maximum atomic E-state index is 5.07. The average Bonchev–Trinajstić information content (AvgIpc) is 2.64. The molecule has 0 fully saturated rings. The molecule has 0 bridgehead atoms. The third kappa shape index (κ3) is 4.49. The SMILES string of the molecule is CCCn1ccc(CNC(C)COC)c1. The fourth-order valence-electron chi connectivity index (χ4n) is 1.59. The molecule has 0 spiro atoms. The van der Waals surface area contributed by atoms with Gasteiger partial charge in [-0.05, 0) is 25.0 Å². The molecular formula is C12H22N2O. The van der Waals surface area contributed by atoms with Crippen molar-refractivity contribution in [2.45, 2.75) is 39.4 Å². The van der Waals surface area contributed by atoms with Gasteiger partial charge < -0.3 is 14.6 Å². The number of nitrogens with zero attached hydrogens (tertiary/aromatic N) is 1. The van der Waals surface area contributed by atoms with Crippen LogP contribution in [0.2, 0.25) is 0 Å². The first-order valence-electron chi connectivity index (χ1n) is 5.63. The van der Waals surface area contributed by atoms with Crippen LogP contribution >= 0.6 is 0 Å². The second-order valence-electron chi connectivity index (χ2n) is 3.99. The van der Waals surface area contributed by atoms with E-state index in [9.17, 15) is 0 Å². The number of ether oxygens (including phenoxy) is 1. The average molecular weight is 210 g/mol. The number of methoxy groups -OCH3 is 1. The van der Waals surface area contributed by atoms with Crippen LogP contribution in [0, 0.1) is 0 Å². The van der Waals surface area contributed by atoms with E-state index in [0.717, 1.165) is 19.7 Å². The molecule has 1 atom stereocenters. The molecule has 0 saturated carbocycles. The van der Waals surface area contributed by atoms with Crippen LogP contribution in [0.3, 0.4) is 0 Å². The van der Waals surface area contributed by atoms with Crippen molar-refractivity contribution >= 4 is 0 Å². The van der Waals surface area contributed by atoms with Crippen molar-refractivity contribution in [1.29, 1.82) is 0 Å². The van der Waals surface area contributed by atoms with Gasteiger partial charge in [0.25, 0.3) is 0 Å². The molecule has 1 unspecified atom stereocenters. The summed E-state index contributed by atoms with van der Waals surface area (Å²) in [4.78, 5) is 0. The summed E-state index contributed by atoms with van der Waals surface area (Å²) in [5.74, 6) is 0. The van der Waals surface area contributed by atoms with Crippen LogP contribution < -0.4 is 5.32 Å². The minimum Gasteiger partial charge on any atom is -0.383 e. The summed E-state index contributed by atoms with van der Waals surface area (Å²) in [6.07, 6.45) is 5.53. The minimum absolute atomic E-state index is 0.407. The number of nitrogens with one attached hydrogen (secondary N) is 1. The Morgan fingerprint density at radius 2 is 2.33 bits per heavy atom.